The zero-order chi connectivity index (χ0) is 12.8. The van der Waals surface area contributed by atoms with Crippen LogP contribution in [0.25, 0.3) is 0 Å². The summed E-state index contributed by atoms with van der Waals surface area (Å²) in [6.45, 7) is 5.52. The van der Waals surface area contributed by atoms with Crippen LogP contribution in [-0.2, 0) is 11.3 Å². The summed E-state index contributed by atoms with van der Waals surface area (Å²) < 4.78 is 12.7. The van der Waals surface area contributed by atoms with Crippen LogP contribution in [0.4, 0.5) is 5.82 Å². The molecule has 1 atom stereocenters. The van der Waals surface area contributed by atoms with Crippen molar-refractivity contribution in [3.05, 3.63) is 16.3 Å². The molecule has 0 spiro atoms. The fourth-order valence-electron chi connectivity index (χ4n) is 2.41. The van der Waals surface area contributed by atoms with Crippen LogP contribution in [0, 0.1) is 10.1 Å². The molecule has 0 bridgehead atoms. The molecule has 1 fully saturated rings. The number of nitro groups is 1. The van der Waals surface area contributed by atoms with Crippen molar-refractivity contribution in [1.29, 1.82) is 0 Å². The smallest absolute Gasteiger partial charge is 0.415 e. The van der Waals surface area contributed by atoms with E-state index in [9.17, 15) is 10.1 Å². The number of rotatable bonds is 3. The SMILES string of the molecule is CC1(CN2CCOC2)Cn2cc([N+](=O)[O-])nc2O1. The molecule has 18 heavy (non-hydrogen) atoms. The molecule has 0 radical (unpaired) electrons. The van der Waals surface area contributed by atoms with E-state index in [0.717, 1.165) is 19.7 Å². The van der Waals surface area contributed by atoms with Crippen molar-refractivity contribution in [2.24, 2.45) is 0 Å². The quantitative estimate of drug-likeness (QED) is 0.567. The van der Waals surface area contributed by atoms with Gasteiger partial charge < -0.3 is 19.6 Å². The number of hydrogen-bond acceptors (Lipinski definition) is 6. The highest BCUT2D eigenvalue weighted by Crippen LogP contribution is 2.31. The van der Waals surface area contributed by atoms with Gasteiger partial charge in [-0.3, -0.25) is 9.47 Å². The second kappa shape index (κ2) is 3.92. The molecular formula is C10H14N4O4. The maximum Gasteiger partial charge on any atom is 0.415 e. The molecule has 0 aromatic carbocycles. The Morgan fingerprint density at radius 1 is 1.67 bits per heavy atom. The predicted molar refractivity (Wildman–Crippen MR) is 60.3 cm³/mol. The van der Waals surface area contributed by atoms with Gasteiger partial charge in [-0.1, -0.05) is 0 Å². The van der Waals surface area contributed by atoms with E-state index in [0.29, 0.717) is 19.3 Å². The predicted octanol–water partition coefficient (Wildman–Crippen LogP) is 0.232. The van der Waals surface area contributed by atoms with Gasteiger partial charge in [-0.15, -0.1) is 0 Å². The zero-order valence-electron chi connectivity index (χ0n) is 10.0. The third-order valence-corrected chi connectivity index (χ3v) is 3.14. The molecule has 1 unspecified atom stereocenters. The van der Waals surface area contributed by atoms with E-state index >= 15 is 0 Å². The minimum atomic E-state index is -0.514. The molecule has 8 heteroatoms. The fourth-order valence-corrected chi connectivity index (χ4v) is 2.41. The Kier molecular flexibility index (Phi) is 2.49. The second-order valence-electron chi connectivity index (χ2n) is 4.91. The molecule has 0 aliphatic carbocycles. The Balaban J connectivity index is 1.71. The Morgan fingerprint density at radius 2 is 2.50 bits per heavy atom. The van der Waals surface area contributed by atoms with Crippen LogP contribution in [0.3, 0.4) is 0 Å². The maximum atomic E-state index is 10.6. The van der Waals surface area contributed by atoms with Crippen LogP contribution < -0.4 is 4.74 Å². The molecule has 3 heterocycles. The number of nitrogens with zero attached hydrogens (tertiary/aromatic N) is 4. The monoisotopic (exact) mass is 254 g/mol. The van der Waals surface area contributed by atoms with Gasteiger partial charge in [0.1, 0.15) is 11.8 Å². The van der Waals surface area contributed by atoms with E-state index in [1.807, 2.05) is 6.92 Å². The van der Waals surface area contributed by atoms with Gasteiger partial charge in [-0.05, 0) is 11.8 Å². The van der Waals surface area contributed by atoms with Crippen LogP contribution in [0.15, 0.2) is 6.20 Å². The van der Waals surface area contributed by atoms with Gasteiger partial charge in [0.05, 0.1) is 19.9 Å². The van der Waals surface area contributed by atoms with E-state index in [1.165, 1.54) is 6.20 Å². The molecule has 1 aromatic heterocycles. The van der Waals surface area contributed by atoms with Crippen molar-refractivity contribution in [3.8, 4) is 6.01 Å². The van der Waals surface area contributed by atoms with Crippen molar-refractivity contribution in [3.63, 3.8) is 0 Å². The van der Waals surface area contributed by atoms with Crippen LogP contribution in [0.2, 0.25) is 0 Å². The van der Waals surface area contributed by atoms with E-state index in [2.05, 4.69) is 9.88 Å². The Hall–Kier alpha value is -1.67. The summed E-state index contributed by atoms with van der Waals surface area (Å²) >= 11 is 0. The lowest BCUT2D eigenvalue weighted by molar-refractivity contribution is -0.389. The van der Waals surface area contributed by atoms with Gasteiger partial charge >= 0.3 is 11.8 Å². The number of hydrogen-bond donors (Lipinski definition) is 0. The molecule has 0 N–H and O–H groups in total. The lowest BCUT2D eigenvalue weighted by Gasteiger charge is -2.26. The summed E-state index contributed by atoms with van der Waals surface area (Å²) in [4.78, 5) is 16.1. The van der Waals surface area contributed by atoms with Crippen LogP contribution in [0.5, 0.6) is 6.01 Å². The van der Waals surface area contributed by atoms with Crippen molar-refractivity contribution >= 4 is 5.82 Å². The number of imidazole rings is 1. The third kappa shape index (κ3) is 1.93. The summed E-state index contributed by atoms with van der Waals surface area (Å²) in [6.07, 6.45) is 1.42. The summed E-state index contributed by atoms with van der Waals surface area (Å²) in [5.74, 6) is -0.170. The maximum absolute atomic E-state index is 10.6. The topological polar surface area (TPSA) is 82.7 Å². The van der Waals surface area contributed by atoms with Crippen LogP contribution in [-0.4, -0.2) is 51.4 Å². The minimum absolute atomic E-state index is 0.170. The fraction of sp³-hybridized carbons (Fsp3) is 0.700. The van der Waals surface area contributed by atoms with Gasteiger partial charge in [-0.2, -0.15) is 0 Å². The first-order valence-electron chi connectivity index (χ1n) is 5.76. The van der Waals surface area contributed by atoms with Gasteiger partial charge in [0.2, 0.25) is 0 Å². The molecule has 2 aliphatic heterocycles. The normalized spacial score (nSPS) is 27.2. The lowest BCUT2D eigenvalue weighted by atomic mass is 10.1. The highest BCUT2D eigenvalue weighted by Gasteiger charge is 2.41. The average molecular weight is 254 g/mol. The van der Waals surface area contributed by atoms with Crippen molar-refractivity contribution < 1.29 is 14.4 Å². The summed E-state index contributed by atoms with van der Waals surface area (Å²) in [5.41, 5.74) is -0.398. The highest BCUT2D eigenvalue weighted by atomic mass is 16.6. The Morgan fingerprint density at radius 3 is 3.11 bits per heavy atom. The van der Waals surface area contributed by atoms with E-state index in [4.69, 9.17) is 9.47 Å². The zero-order valence-corrected chi connectivity index (χ0v) is 10.0. The van der Waals surface area contributed by atoms with Crippen molar-refractivity contribution in [1.82, 2.24) is 14.5 Å². The molecule has 0 saturated carbocycles. The Bertz CT molecular complexity index is 457. The van der Waals surface area contributed by atoms with E-state index < -0.39 is 10.5 Å². The van der Waals surface area contributed by atoms with Crippen LogP contribution >= 0.6 is 0 Å². The third-order valence-electron chi connectivity index (χ3n) is 3.14. The first-order valence-corrected chi connectivity index (χ1v) is 5.76. The largest absolute Gasteiger partial charge is 0.436 e. The number of fused-ring (bicyclic) bond motifs is 1. The van der Waals surface area contributed by atoms with Crippen molar-refractivity contribution in [2.45, 2.75) is 19.1 Å². The summed E-state index contributed by atoms with van der Waals surface area (Å²) in [5, 5.41) is 10.6. The highest BCUT2D eigenvalue weighted by molar-refractivity contribution is 5.23. The van der Waals surface area contributed by atoms with E-state index in [1.54, 1.807) is 4.57 Å². The molecule has 2 aliphatic rings. The van der Waals surface area contributed by atoms with Gasteiger partial charge in [-0.25, -0.2) is 0 Å². The lowest BCUT2D eigenvalue weighted by Crippen LogP contribution is -2.44. The standard InChI is InChI=1S/C10H14N4O4/c1-10(5-12-2-3-17-7-12)6-13-4-8(14(15)16)11-9(13)18-10/h4H,2-3,5-7H2,1H3. The van der Waals surface area contributed by atoms with E-state index in [-0.39, 0.29) is 5.82 Å². The van der Waals surface area contributed by atoms with Gasteiger partial charge in [0.15, 0.2) is 0 Å². The average Bonchev–Trinajstić information content (AvgIpc) is 2.92. The molecule has 8 nitrogen and oxygen atoms in total. The Labute approximate surface area is 103 Å². The molecule has 0 amide bonds. The minimum Gasteiger partial charge on any atom is -0.436 e. The molecule has 98 valence electrons. The molecule has 1 saturated heterocycles. The van der Waals surface area contributed by atoms with Gasteiger partial charge in [0.25, 0.3) is 0 Å². The molecular weight excluding hydrogens is 240 g/mol. The second-order valence-corrected chi connectivity index (χ2v) is 4.91. The number of ether oxygens (including phenoxy) is 2. The number of aromatic nitrogens is 2. The van der Waals surface area contributed by atoms with Crippen LogP contribution in [0.1, 0.15) is 6.92 Å². The first-order chi connectivity index (χ1) is 8.56. The molecule has 1 aromatic rings. The van der Waals surface area contributed by atoms with Crippen molar-refractivity contribution in [2.75, 3.05) is 26.4 Å². The van der Waals surface area contributed by atoms with Gasteiger partial charge in [0, 0.05) is 18.1 Å². The molecule has 3 rings (SSSR count). The first kappa shape index (κ1) is 11.4. The summed E-state index contributed by atoms with van der Waals surface area (Å²) in [6, 6.07) is 0.323. The summed E-state index contributed by atoms with van der Waals surface area (Å²) in [7, 11) is 0.